The normalized spacial score (nSPS) is 12.9. The summed E-state index contributed by atoms with van der Waals surface area (Å²) >= 11 is 0. The van der Waals surface area contributed by atoms with Gasteiger partial charge in [0, 0.05) is 6.42 Å². The number of carbonyl (C=O) groups is 1. The zero-order chi connectivity index (χ0) is 13.6. The van der Waals surface area contributed by atoms with Gasteiger partial charge < -0.3 is 0 Å². The highest BCUT2D eigenvalue weighted by Crippen LogP contribution is 2.04. The Morgan fingerprint density at radius 3 is 2.33 bits per heavy atom. The summed E-state index contributed by atoms with van der Waals surface area (Å²) in [6.07, 6.45) is 19.4. The number of carbonyl (C=O) groups excluding carboxylic acids is 1. The first-order chi connectivity index (χ1) is 8.66. The summed E-state index contributed by atoms with van der Waals surface area (Å²) in [6, 6.07) is 0. The fourth-order valence-electron chi connectivity index (χ4n) is 1.34. The maximum absolute atomic E-state index is 11.4. The van der Waals surface area contributed by atoms with E-state index in [0.29, 0.717) is 12.3 Å². The molecule has 18 heavy (non-hydrogen) atoms. The minimum Gasteiger partial charge on any atom is -0.295 e. The fourth-order valence-corrected chi connectivity index (χ4v) is 1.34. The van der Waals surface area contributed by atoms with Gasteiger partial charge in [0.15, 0.2) is 5.78 Å². The molecule has 0 radical (unpaired) electrons. The van der Waals surface area contributed by atoms with Gasteiger partial charge in [-0.2, -0.15) is 0 Å². The van der Waals surface area contributed by atoms with E-state index in [4.69, 9.17) is 0 Å². The quantitative estimate of drug-likeness (QED) is 0.317. The van der Waals surface area contributed by atoms with Crippen molar-refractivity contribution in [2.24, 2.45) is 5.92 Å². The Bertz CT molecular complexity index is 317. The number of hydrogen-bond donors (Lipinski definition) is 0. The first kappa shape index (κ1) is 16.6. The molecule has 0 aliphatic carbocycles. The molecule has 1 heteroatoms. The molecule has 0 atom stereocenters. The zero-order valence-corrected chi connectivity index (χ0v) is 11.9. The van der Waals surface area contributed by atoms with Crippen LogP contribution in [0, 0.1) is 5.92 Å². The second kappa shape index (κ2) is 12.1. The van der Waals surface area contributed by atoms with Crippen LogP contribution in [-0.2, 0) is 4.79 Å². The topological polar surface area (TPSA) is 17.1 Å². The molecule has 0 rings (SSSR count). The van der Waals surface area contributed by atoms with Crippen LogP contribution in [0.3, 0.4) is 0 Å². The first-order valence-electron chi connectivity index (χ1n) is 6.80. The molecule has 0 aliphatic heterocycles. The van der Waals surface area contributed by atoms with E-state index in [-0.39, 0.29) is 5.78 Å². The lowest BCUT2D eigenvalue weighted by molar-refractivity contribution is -0.114. The Hall–Kier alpha value is -1.37. The van der Waals surface area contributed by atoms with Gasteiger partial charge in [-0.3, -0.25) is 4.79 Å². The van der Waals surface area contributed by atoms with Crippen molar-refractivity contribution in [3.8, 4) is 0 Å². The molecule has 0 bridgehead atoms. The van der Waals surface area contributed by atoms with Crippen LogP contribution in [0.4, 0.5) is 0 Å². The standard InChI is InChI=1S/C17H26O/c1-4-5-6-7-8-9-10-11-12-13-17(18)15-14-16(2)3/h4-9,12-13,16H,10-11,14-15H2,1-3H3/b5-4+,7-6+,9-8-,13-12+. The van der Waals surface area contributed by atoms with Gasteiger partial charge in [-0.1, -0.05) is 56.4 Å². The van der Waals surface area contributed by atoms with Gasteiger partial charge in [-0.25, -0.2) is 0 Å². The molecule has 100 valence electrons. The van der Waals surface area contributed by atoms with Gasteiger partial charge in [-0.15, -0.1) is 0 Å². The Balaban J connectivity index is 3.61. The van der Waals surface area contributed by atoms with Crippen molar-refractivity contribution in [1.29, 1.82) is 0 Å². The Kier molecular flexibility index (Phi) is 11.2. The van der Waals surface area contributed by atoms with E-state index in [1.807, 2.05) is 43.4 Å². The van der Waals surface area contributed by atoms with E-state index in [2.05, 4.69) is 19.9 Å². The second-order valence-electron chi connectivity index (χ2n) is 4.72. The molecule has 0 heterocycles. The SMILES string of the molecule is C/C=C/C=C/C=C\CC/C=C/C(=O)CCC(C)C. The molecule has 0 saturated heterocycles. The number of rotatable bonds is 9. The van der Waals surface area contributed by atoms with Crippen LogP contribution in [0.5, 0.6) is 0 Å². The molecular weight excluding hydrogens is 220 g/mol. The molecule has 0 saturated carbocycles. The average Bonchev–Trinajstić information content (AvgIpc) is 2.34. The van der Waals surface area contributed by atoms with Gasteiger partial charge >= 0.3 is 0 Å². The van der Waals surface area contributed by atoms with E-state index in [1.165, 1.54) is 0 Å². The molecular formula is C17H26O. The highest BCUT2D eigenvalue weighted by molar-refractivity contribution is 5.89. The number of allylic oxidation sites excluding steroid dienone is 8. The fraction of sp³-hybridized carbons (Fsp3) is 0.471. The first-order valence-corrected chi connectivity index (χ1v) is 6.80. The maximum atomic E-state index is 11.4. The lowest BCUT2D eigenvalue weighted by Gasteiger charge is -1.99. The average molecular weight is 246 g/mol. The number of ketones is 1. The van der Waals surface area contributed by atoms with Crippen LogP contribution in [0.15, 0.2) is 48.6 Å². The minimum atomic E-state index is 0.251. The molecule has 0 amide bonds. The van der Waals surface area contributed by atoms with E-state index < -0.39 is 0 Å². The van der Waals surface area contributed by atoms with Crippen molar-refractivity contribution in [3.63, 3.8) is 0 Å². The molecule has 0 unspecified atom stereocenters. The summed E-state index contributed by atoms with van der Waals surface area (Å²) in [4.78, 5) is 11.4. The Morgan fingerprint density at radius 1 is 1.00 bits per heavy atom. The Morgan fingerprint density at radius 2 is 1.67 bits per heavy atom. The Labute approximate surface area is 112 Å². The maximum Gasteiger partial charge on any atom is 0.155 e. The summed E-state index contributed by atoms with van der Waals surface area (Å²) in [6.45, 7) is 6.28. The van der Waals surface area contributed by atoms with E-state index in [0.717, 1.165) is 19.3 Å². The smallest absolute Gasteiger partial charge is 0.155 e. The van der Waals surface area contributed by atoms with Crippen molar-refractivity contribution >= 4 is 5.78 Å². The van der Waals surface area contributed by atoms with Gasteiger partial charge in [0.2, 0.25) is 0 Å². The van der Waals surface area contributed by atoms with E-state index in [1.54, 1.807) is 6.08 Å². The van der Waals surface area contributed by atoms with Crippen LogP contribution in [-0.4, -0.2) is 5.78 Å². The van der Waals surface area contributed by atoms with Gasteiger partial charge in [0.05, 0.1) is 0 Å². The third-order valence-electron chi connectivity index (χ3n) is 2.43. The molecule has 0 aromatic heterocycles. The molecule has 0 aliphatic rings. The number of hydrogen-bond acceptors (Lipinski definition) is 1. The molecule has 0 N–H and O–H groups in total. The van der Waals surface area contributed by atoms with Crippen LogP contribution >= 0.6 is 0 Å². The highest BCUT2D eigenvalue weighted by atomic mass is 16.1. The summed E-state index contributed by atoms with van der Waals surface area (Å²) in [5.41, 5.74) is 0. The predicted molar refractivity (Wildman–Crippen MR) is 80.5 cm³/mol. The van der Waals surface area contributed by atoms with Crippen LogP contribution in [0.25, 0.3) is 0 Å². The second-order valence-corrected chi connectivity index (χ2v) is 4.72. The molecule has 0 aromatic rings. The zero-order valence-electron chi connectivity index (χ0n) is 11.9. The van der Waals surface area contributed by atoms with E-state index in [9.17, 15) is 4.79 Å². The largest absolute Gasteiger partial charge is 0.295 e. The highest BCUT2D eigenvalue weighted by Gasteiger charge is 1.98. The monoisotopic (exact) mass is 246 g/mol. The van der Waals surface area contributed by atoms with Crippen molar-refractivity contribution in [1.82, 2.24) is 0 Å². The summed E-state index contributed by atoms with van der Waals surface area (Å²) < 4.78 is 0. The molecule has 0 aromatic carbocycles. The van der Waals surface area contributed by atoms with Gasteiger partial charge in [0.25, 0.3) is 0 Å². The predicted octanol–water partition coefficient (Wildman–Crippen LogP) is 5.02. The third kappa shape index (κ3) is 12.7. The molecule has 1 nitrogen and oxygen atoms in total. The minimum absolute atomic E-state index is 0.251. The molecule has 0 spiro atoms. The van der Waals surface area contributed by atoms with Gasteiger partial charge in [0.1, 0.15) is 0 Å². The van der Waals surface area contributed by atoms with Crippen molar-refractivity contribution < 1.29 is 4.79 Å². The van der Waals surface area contributed by atoms with Crippen LogP contribution in [0.1, 0.15) is 46.5 Å². The van der Waals surface area contributed by atoms with E-state index >= 15 is 0 Å². The number of unbranched alkanes of at least 4 members (excludes halogenated alkanes) is 1. The lowest BCUT2D eigenvalue weighted by Crippen LogP contribution is -1.96. The summed E-state index contributed by atoms with van der Waals surface area (Å²) in [7, 11) is 0. The van der Waals surface area contributed by atoms with Crippen molar-refractivity contribution in [2.45, 2.75) is 46.5 Å². The third-order valence-corrected chi connectivity index (χ3v) is 2.43. The summed E-state index contributed by atoms with van der Waals surface area (Å²) in [5.74, 6) is 0.856. The van der Waals surface area contributed by atoms with Gasteiger partial charge in [-0.05, 0) is 38.2 Å². The van der Waals surface area contributed by atoms with Crippen LogP contribution in [0.2, 0.25) is 0 Å². The lowest BCUT2D eigenvalue weighted by atomic mass is 10.1. The van der Waals surface area contributed by atoms with Crippen molar-refractivity contribution in [3.05, 3.63) is 48.6 Å². The van der Waals surface area contributed by atoms with Crippen molar-refractivity contribution in [2.75, 3.05) is 0 Å². The van der Waals surface area contributed by atoms with Crippen LogP contribution < -0.4 is 0 Å². The summed E-state index contributed by atoms with van der Waals surface area (Å²) in [5, 5.41) is 0. The molecule has 0 fully saturated rings.